The Morgan fingerprint density at radius 1 is 0.969 bits per heavy atom. The summed E-state index contributed by atoms with van der Waals surface area (Å²) in [5, 5.41) is 0. The summed E-state index contributed by atoms with van der Waals surface area (Å²) in [5.74, 6) is -3.39. The number of anilines is 1. The molecule has 1 aliphatic heterocycles. The number of benzene rings is 2. The molecule has 2 atom stereocenters. The van der Waals surface area contributed by atoms with Gasteiger partial charge >= 0.3 is 0 Å². The third-order valence-corrected chi connectivity index (χ3v) is 5.83. The fourth-order valence-electron chi connectivity index (χ4n) is 4.01. The average Bonchev–Trinajstić information content (AvgIpc) is 3.05. The quantitative estimate of drug-likeness (QED) is 0.331. The van der Waals surface area contributed by atoms with Crippen molar-refractivity contribution in [2.75, 3.05) is 4.90 Å². The summed E-state index contributed by atoms with van der Waals surface area (Å²) in [6, 6.07) is 16.1. The molecule has 162 valence electrons. The van der Waals surface area contributed by atoms with Gasteiger partial charge in [0.05, 0.1) is 12.2 Å². The molecule has 1 aliphatic rings. The second kappa shape index (κ2) is 8.46. The van der Waals surface area contributed by atoms with Crippen LogP contribution in [0.15, 0.2) is 66.9 Å². The zero-order chi connectivity index (χ0) is 23.0. The van der Waals surface area contributed by atoms with E-state index in [-0.39, 0.29) is 5.82 Å². The maximum Gasteiger partial charge on any atom is 0.297 e. The summed E-state index contributed by atoms with van der Waals surface area (Å²) in [6.07, 6.45) is 0.987. The SMILES string of the molecule is Cc1ccc(C(=O)C2C(=O)C(=O)N(c3ccc(F)cn3)C2c2ccc(C(C)C)cc2)cc1. The van der Waals surface area contributed by atoms with Crippen molar-refractivity contribution in [1.82, 2.24) is 4.98 Å². The molecule has 6 heteroatoms. The molecule has 1 aromatic heterocycles. The Kier molecular flexibility index (Phi) is 5.70. The number of rotatable bonds is 5. The van der Waals surface area contributed by atoms with Gasteiger partial charge in [-0.3, -0.25) is 19.3 Å². The first-order chi connectivity index (χ1) is 15.3. The van der Waals surface area contributed by atoms with Crippen LogP contribution < -0.4 is 4.90 Å². The molecule has 0 bridgehead atoms. The molecule has 0 N–H and O–H groups in total. The third kappa shape index (κ3) is 3.84. The fraction of sp³-hybridized carbons (Fsp3) is 0.231. The molecular formula is C26H23FN2O3. The van der Waals surface area contributed by atoms with Crippen molar-refractivity contribution >= 4 is 23.3 Å². The van der Waals surface area contributed by atoms with Crippen molar-refractivity contribution in [3.8, 4) is 0 Å². The van der Waals surface area contributed by atoms with Crippen LogP contribution in [0.4, 0.5) is 10.2 Å². The standard InChI is InChI=1S/C26H23FN2O3/c1-15(2)17-8-10-18(11-9-17)23-22(24(30)19-6-4-16(3)5-7-19)25(31)26(32)29(23)21-13-12-20(27)14-28-21/h4-15,22-23H,1-3H3. The molecule has 1 saturated heterocycles. The maximum absolute atomic E-state index is 13.5. The van der Waals surface area contributed by atoms with Gasteiger partial charge in [-0.25, -0.2) is 9.37 Å². The van der Waals surface area contributed by atoms with E-state index in [1.165, 1.54) is 17.0 Å². The normalized spacial score (nSPS) is 18.5. The molecule has 0 aliphatic carbocycles. The second-order valence-electron chi connectivity index (χ2n) is 8.35. The Balaban J connectivity index is 1.83. The molecule has 3 aromatic rings. The highest BCUT2D eigenvalue weighted by molar-refractivity contribution is 6.48. The van der Waals surface area contributed by atoms with Gasteiger partial charge in [-0.05, 0) is 36.1 Å². The van der Waals surface area contributed by atoms with E-state index in [9.17, 15) is 18.8 Å². The summed E-state index contributed by atoms with van der Waals surface area (Å²) in [7, 11) is 0. The van der Waals surface area contributed by atoms with E-state index in [1.54, 1.807) is 24.3 Å². The van der Waals surface area contributed by atoms with Crippen LogP contribution in [-0.4, -0.2) is 22.5 Å². The van der Waals surface area contributed by atoms with Gasteiger partial charge in [-0.2, -0.15) is 0 Å². The highest BCUT2D eigenvalue weighted by atomic mass is 19.1. The van der Waals surface area contributed by atoms with Crippen LogP contribution in [-0.2, 0) is 9.59 Å². The van der Waals surface area contributed by atoms with Crippen LogP contribution in [0, 0.1) is 18.7 Å². The minimum Gasteiger partial charge on any atom is -0.293 e. The van der Waals surface area contributed by atoms with Crippen molar-refractivity contribution in [3.63, 3.8) is 0 Å². The Morgan fingerprint density at radius 3 is 2.19 bits per heavy atom. The summed E-state index contributed by atoms with van der Waals surface area (Å²) in [6.45, 7) is 6.03. The van der Waals surface area contributed by atoms with Gasteiger partial charge in [0.2, 0.25) is 5.78 Å². The van der Waals surface area contributed by atoms with Crippen LogP contribution >= 0.6 is 0 Å². The molecule has 1 amide bonds. The number of nitrogens with zero attached hydrogens (tertiary/aromatic N) is 2. The highest BCUT2D eigenvalue weighted by Gasteiger charge is 2.52. The lowest BCUT2D eigenvalue weighted by atomic mass is 9.85. The zero-order valence-electron chi connectivity index (χ0n) is 18.1. The van der Waals surface area contributed by atoms with Gasteiger partial charge < -0.3 is 0 Å². The van der Waals surface area contributed by atoms with E-state index in [0.717, 1.165) is 17.3 Å². The number of ketones is 2. The zero-order valence-corrected chi connectivity index (χ0v) is 18.1. The predicted molar refractivity (Wildman–Crippen MR) is 119 cm³/mol. The van der Waals surface area contributed by atoms with Gasteiger partial charge in [-0.15, -0.1) is 0 Å². The van der Waals surface area contributed by atoms with Gasteiger partial charge in [0.25, 0.3) is 5.91 Å². The lowest BCUT2D eigenvalue weighted by Gasteiger charge is -2.26. The van der Waals surface area contributed by atoms with Crippen LogP contribution in [0.5, 0.6) is 0 Å². The smallest absolute Gasteiger partial charge is 0.293 e. The predicted octanol–water partition coefficient (Wildman–Crippen LogP) is 4.81. The Morgan fingerprint density at radius 2 is 1.62 bits per heavy atom. The van der Waals surface area contributed by atoms with Crippen LogP contribution in [0.3, 0.4) is 0 Å². The maximum atomic E-state index is 13.5. The highest BCUT2D eigenvalue weighted by Crippen LogP contribution is 2.40. The lowest BCUT2D eigenvalue weighted by Crippen LogP contribution is -2.31. The monoisotopic (exact) mass is 430 g/mol. The second-order valence-corrected chi connectivity index (χ2v) is 8.35. The van der Waals surface area contributed by atoms with E-state index >= 15 is 0 Å². The number of carbonyl (C=O) groups excluding carboxylic acids is 3. The van der Waals surface area contributed by atoms with Crippen molar-refractivity contribution < 1.29 is 18.8 Å². The van der Waals surface area contributed by atoms with Crippen molar-refractivity contribution in [3.05, 3.63) is 94.9 Å². The lowest BCUT2D eigenvalue weighted by molar-refractivity contribution is -0.135. The summed E-state index contributed by atoms with van der Waals surface area (Å²) in [4.78, 5) is 44.8. The van der Waals surface area contributed by atoms with Crippen LogP contribution in [0.1, 0.15) is 52.9 Å². The largest absolute Gasteiger partial charge is 0.297 e. The van der Waals surface area contributed by atoms with Crippen molar-refractivity contribution in [2.24, 2.45) is 5.92 Å². The minimum atomic E-state index is -1.22. The first-order valence-corrected chi connectivity index (χ1v) is 10.5. The Labute approximate surface area is 185 Å². The Hall–Kier alpha value is -3.67. The molecule has 2 aromatic carbocycles. The van der Waals surface area contributed by atoms with E-state index in [1.807, 2.05) is 31.2 Å². The molecule has 5 nitrogen and oxygen atoms in total. The number of halogens is 1. The number of aryl methyl sites for hydroxylation is 1. The van der Waals surface area contributed by atoms with E-state index < -0.39 is 35.3 Å². The molecule has 2 heterocycles. The molecule has 2 unspecified atom stereocenters. The number of hydrogen-bond acceptors (Lipinski definition) is 4. The molecule has 4 rings (SSSR count). The van der Waals surface area contributed by atoms with E-state index in [2.05, 4.69) is 18.8 Å². The Bertz CT molecular complexity index is 1170. The molecule has 0 spiro atoms. The number of pyridine rings is 1. The molecule has 0 radical (unpaired) electrons. The molecule has 32 heavy (non-hydrogen) atoms. The number of aromatic nitrogens is 1. The average molecular weight is 430 g/mol. The number of amides is 1. The minimum absolute atomic E-state index is 0.127. The molecular weight excluding hydrogens is 407 g/mol. The number of carbonyl (C=O) groups is 3. The first-order valence-electron chi connectivity index (χ1n) is 10.5. The fourth-order valence-corrected chi connectivity index (χ4v) is 4.01. The van der Waals surface area contributed by atoms with E-state index in [4.69, 9.17) is 0 Å². The summed E-state index contributed by atoms with van der Waals surface area (Å²) >= 11 is 0. The van der Waals surface area contributed by atoms with E-state index in [0.29, 0.717) is 17.0 Å². The van der Waals surface area contributed by atoms with Crippen molar-refractivity contribution in [2.45, 2.75) is 32.7 Å². The third-order valence-electron chi connectivity index (χ3n) is 5.83. The molecule has 1 fully saturated rings. The van der Waals surface area contributed by atoms with Gasteiger partial charge in [0.1, 0.15) is 17.6 Å². The number of hydrogen-bond donors (Lipinski definition) is 0. The topological polar surface area (TPSA) is 67.3 Å². The summed E-state index contributed by atoms with van der Waals surface area (Å²) < 4.78 is 13.5. The summed E-state index contributed by atoms with van der Waals surface area (Å²) in [5.41, 5.74) is 3.08. The van der Waals surface area contributed by atoms with Gasteiger partial charge in [0, 0.05) is 5.56 Å². The molecule has 0 saturated carbocycles. The van der Waals surface area contributed by atoms with Gasteiger partial charge in [0.15, 0.2) is 5.78 Å². The first kappa shape index (κ1) is 21.6. The number of Topliss-reactive ketones (excluding diaryl/α,β-unsaturated/α-hetero) is 2. The van der Waals surface area contributed by atoms with Crippen LogP contribution in [0.25, 0.3) is 0 Å². The van der Waals surface area contributed by atoms with Crippen LogP contribution in [0.2, 0.25) is 0 Å². The van der Waals surface area contributed by atoms with Gasteiger partial charge in [-0.1, -0.05) is 67.9 Å². The van der Waals surface area contributed by atoms with Crippen molar-refractivity contribution in [1.29, 1.82) is 0 Å².